The summed E-state index contributed by atoms with van der Waals surface area (Å²) < 4.78 is 30.6. The molecule has 2 heterocycles. The molecule has 0 aliphatic rings. The number of aryl methyl sites for hydroxylation is 1. The maximum atomic E-state index is 12.4. The van der Waals surface area contributed by atoms with Crippen molar-refractivity contribution in [3.63, 3.8) is 0 Å². The molecule has 2 aromatic heterocycles. The second-order valence-electron chi connectivity index (χ2n) is 5.56. The predicted octanol–water partition coefficient (Wildman–Crippen LogP) is 2.37. The maximum Gasteiger partial charge on any atom is 0.307 e. The molecule has 0 spiro atoms. The average molecular weight is 460 g/mol. The number of nitrogens with zero attached hydrogens (tertiary/aromatic N) is 2. The van der Waals surface area contributed by atoms with Crippen molar-refractivity contribution in [2.45, 2.75) is 17.9 Å². The maximum absolute atomic E-state index is 12.4. The molecule has 0 unspecified atom stereocenters. The lowest BCUT2D eigenvalue weighted by Crippen LogP contribution is -2.19. The Balaban J connectivity index is 2.14. The number of esters is 1. The molecule has 1 aromatic carbocycles. The van der Waals surface area contributed by atoms with Crippen molar-refractivity contribution in [3.8, 4) is 0 Å². The lowest BCUT2D eigenvalue weighted by atomic mass is 10.3. The third kappa shape index (κ3) is 4.50. The summed E-state index contributed by atoms with van der Waals surface area (Å²) in [5.74, 6) is -0.905. The second-order valence-corrected chi connectivity index (χ2v) is 9.84. The van der Waals surface area contributed by atoms with E-state index in [4.69, 9.17) is 16.7 Å². The molecule has 0 saturated carbocycles. The van der Waals surface area contributed by atoms with Crippen molar-refractivity contribution in [2.75, 3.05) is 7.11 Å². The number of primary sulfonamides is 1. The summed E-state index contributed by atoms with van der Waals surface area (Å²) in [6.07, 6.45) is 0.0610. The standard InChI is InChI=1S/C16H14ClN3O5S3/c1-25-14(21)6-7-20-10-3-2-9(28(18,23)24)8-12(10)27-16(20)19-15(22)11-4-5-13(17)26-11/h2-5,8H,6-7H2,1H3,(H2,18,23,24). The van der Waals surface area contributed by atoms with E-state index in [2.05, 4.69) is 9.73 Å². The highest BCUT2D eigenvalue weighted by Gasteiger charge is 2.15. The van der Waals surface area contributed by atoms with Gasteiger partial charge in [0.15, 0.2) is 4.80 Å². The normalized spacial score (nSPS) is 12.5. The number of carbonyl (C=O) groups excluding carboxylic acids is 2. The van der Waals surface area contributed by atoms with Gasteiger partial charge in [-0.3, -0.25) is 9.59 Å². The lowest BCUT2D eigenvalue weighted by molar-refractivity contribution is -0.140. The van der Waals surface area contributed by atoms with Crippen molar-refractivity contribution in [3.05, 3.63) is 44.3 Å². The minimum absolute atomic E-state index is 0.0516. The summed E-state index contributed by atoms with van der Waals surface area (Å²) in [6.45, 7) is 0.207. The van der Waals surface area contributed by atoms with Crippen molar-refractivity contribution in [1.82, 2.24) is 4.57 Å². The van der Waals surface area contributed by atoms with Gasteiger partial charge in [0, 0.05) is 6.54 Å². The lowest BCUT2D eigenvalue weighted by Gasteiger charge is -2.05. The van der Waals surface area contributed by atoms with Gasteiger partial charge in [-0.05, 0) is 30.3 Å². The van der Waals surface area contributed by atoms with Crippen molar-refractivity contribution in [2.24, 2.45) is 10.1 Å². The van der Waals surface area contributed by atoms with E-state index in [1.54, 1.807) is 22.8 Å². The first-order valence-corrected chi connectivity index (χ1v) is 11.3. The fourth-order valence-corrected chi connectivity index (χ4v) is 5.04. The van der Waals surface area contributed by atoms with Gasteiger partial charge in [0.2, 0.25) is 10.0 Å². The summed E-state index contributed by atoms with van der Waals surface area (Å²) >= 11 is 8.09. The Hall–Kier alpha value is -2.05. The van der Waals surface area contributed by atoms with E-state index in [0.29, 0.717) is 24.2 Å². The summed E-state index contributed by atoms with van der Waals surface area (Å²) in [7, 11) is -2.59. The molecule has 0 aliphatic heterocycles. The summed E-state index contributed by atoms with van der Waals surface area (Å²) in [6, 6.07) is 7.52. The Bertz CT molecular complexity index is 1240. The number of halogens is 1. The zero-order valence-electron chi connectivity index (χ0n) is 14.4. The van der Waals surface area contributed by atoms with Gasteiger partial charge in [-0.25, -0.2) is 13.6 Å². The molecule has 8 nitrogen and oxygen atoms in total. The number of rotatable bonds is 5. The number of thiazole rings is 1. The van der Waals surface area contributed by atoms with Gasteiger partial charge in [-0.1, -0.05) is 22.9 Å². The van der Waals surface area contributed by atoms with Crippen LogP contribution in [0.15, 0.2) is 40.2 Å². The summed E-state index contributed by atoms with van der Waals surface area (Å²) in [4.78, 5) is 28.8. The highest BCUT2D eigenvalue weighted by molar-refractivity contribution is 7.89. The van der Waals surface area contributed by atoms with E-state index >= 15 is 0 Å². The molecule has 3 rings (SSSR count). The van der Waals surface area contributed by atoms with E-state index < -0.39 is 21.9 Å². The molecule has 3 aromatic rings. The Labute approximate surface area is 172 Å². The number of aromatic nitrogens is 1. The van der Waals surface area contributed by atoms with E-state index in [1.165, 1.54) is 19.2 Å². The Morgan fingerprint density at radius 2 is 2.00 bits per heavy atom. The van der Waals surface area contributed by atoms with Crippen LogP contribution in [0.5, 0.6) is 0 Å². The summed E-state index contributed by atoms with van der Waals surface area (Å²) in [5.41, 5.74) is 0.622. The number of benzene rings is 1. The van der Waals surface area contributed by atoms with Gasteiger partial charge < -0.3 is 9.30 Å². The van der Waals surface area contributed by atoms with E-state index in [-0.39, 0.29) is 17.9 Å². The number of fused-ring (bicyclic) bond motifs is 1. The number of hydrogen-bond donors (Lipinski definition) is 1. The molecular formula is C16H14ClN3O5S3. The van der Waals surface area contributed by atoms with Gasteiger partial charge in [0.05, 0.1) is 37.9 Å². The molecule has 12 heteroatoms. The minimum atomic E-state index is -3.88. The van der Waals surface area contributed by atoms with Gasteiger partial charge in [0.1, 0.15) is 0 Å². The number of hydrogen-bond acceptors (Lipinski definition) is 7. The Morgan fingerprint density at radius 3 is 2.61 bits per heavy atom. The van der Waals surface area contributed by atoms with Gasteiger partial charge >= 0.3 is 5.97 Å². The topological polar surface area (TPSA) is 121 Å². The van der Waals surface area contributed by atoms with Crippen LogP contribution < -0.4 is 9.94 Å². The third-order valence-electron chi connectivity index (χ3n) is 3.73. The molecule has 2 N–H and O–H groups in total. The second kappa shape index (κ2) is 8.13. The van der Waals surface area contributed by atoms with Crippen molar-refractivity contribution in [1.29, 1.82) is 0 Å². The molecule has 0 atom stereocenters. The van der Waals surface area contributed by atoms with Crippen LogP contribution in [0.25, 0.3) is 10.2 Å². The van der Waals surface area contributed by atoms with Crippen LogP contribution in [0, 0.1) is 0 Å². The van der Waals surface area contributed by atoms with Crippen LogP contribution in [0.2, 0.25) is 4.34 Å². The zero-order chi connectivity index (χ0) is 20.5. The van der Waals surface area contributed by atoms with Gasteiger partial charge in [-0.2, -0.15) is 4.99 Å². The molecule has 0 fully saturated rings. The average Bonchev–Trinajstić information content (AvgIpc) is 3.21. The van der Waals surface area contributed by atoms with Crippen LogP contribution in [0.3, 0.4) is 0 Å². The first kappa shape index (κ1) is 20.7. The predicted molar refractivity (Wildman–Crippen MR) is 107 cm³/mol. The SMILES string of the molecule is COC(=O)CCn1c(=NC(=O)c2ccc(Cl)s2)sc2cc(S(N)(=O)=O)ccc21. The van der Waals surface area contributed by atoms with Crippen LogP contribution in [-0.2, 0) is 26.1 Å². The Morgan fingerprint density at radius 1 is 1.25 bits per heavy atom. The third-order valence-corrected chi connectivity index (χ3v) is 6.90. The summed E-state index contributed by atoms with van der Waals surface area (Å²) in [5, 5.41) is 5.19. The van der Waals surface area contributed by atoms with Crippen molar-refractivity contribution >= 4 is 66.4 Å². The number of sulfonamides is 1. The van der Waals surface area contributed by atoms with Crippen LogP contribution in [-0.4, -0.2) is 32.0 Å². The highest BCUT2D eigenvalue weighted by Crippen LogP contribution is 2.24. The fraction of sp³-hybridized carbons (Fsp3) is 0.188. The number of thiophene rings is 1. The number of methoxy groups -OCH3 is 1. The van der Waals surface area contributed by atoms with Crippen molar-refractivity contribution < 1.29 is 22.7 Å². The van der Waals surface area contributed by atoms with Crippen LogP contribution in [0.1, 0.15) is 16.1 Å². The molecule has 148 valence electrons. The first-order chi connectivity index (χ1) is 13.2. The Kier molecular flexibility index (Phi) is 6.01. The largest absolute Gasteiger partial charge is 0.469 e. The first-order valence-electron chi connectivity index (χ1n) is 7.76. The quantitative estimate of drug-likeness (QED) is 0.587. The van der Waals surface area contributed by atoms with Crippen LogP contribution in [0.4, 0.5) is 0 Å². The number of carbonyl (C=O) groups is 2. The smallest absolute Gasteiger partial charge is 0.307 e. The number of amides is 1. The molecule has 1 amide bonds. The molecule has 28 heavy (non-hydrogen) atoms. The van der Waals surface area contributed by atoms with E-state index in [1.807, 2.05) is 0 Å². The highest BCUT2D eigenvalue weighted by atomic mass is 35.5. The number of ether oxygens (including phenoxy) is 1. The number of nitrogens with two attached hydrogens (primary N) is 1. The minimum Gasteiger partial charge on any atom is -0.469 e. The molecule has 0 radical (unpaired) electrons. The van der Waals surface area contributed by atoms with Gasteiger partial charge in [0.25, 0.3) is 5.91 Å². The molecule has 0 bridgehead atoms. The van der Waals surface area contributed by atoms with Crippen LogP contribution >= 0.6 is 34.3 Å². The van der Waals surface area contributed by atoms with Gasteiger partial charge in [-0.15, -0.1) is 11.3 Å². The zero-order valence-corrected chi connectivity index (χ0v) is 17.6. The fourth-order valence-electron chi connectivity index (χ4n) is 2.41. The monoisotopic (exact) mass is 459 g/mol. The molecule has 0 aliphatic carbocycles. The van der Waals surface area contributed by atoms with E-state index in [9.17, 15) is 18.0 Å². The molecule has 0 saturated heterocycles. The van der Waals surface area contributed by atoms with E-state index in [0.717, 1.165) is 22.7 Å². The molecular weight excluding hydrogens is 446 g/mol.